The molecule has 0 fully saturated rings. The molecule has 0 saturated carbocycles. The molecule has 238 valence electrons. The van der Waals surface area contributed by atoms with E-state index in [9.17, 15) is 10.5 Å². The molecule has 0 N–H and O–H groups in total. The van der Waals surface area contributed by atoms with Crippen LogP contribution in [-0.4, -0.2) is 14.0 Å². The number of nitriles is 2. The van der Waals surface area contributed by atoms with Crippen LogP contribution >= 0.6 is 0 Å². The van der Waals surface area contributed by atoms with Crippen LogP contribution in [0.3, 0.4) is 0 Å². The van der Waals surface area contributed by atoms with Crippen molar-refractivity contribution in [1.29, 1.82) is 10.5 Å². The average molecular weight is 644 g/mol. The van der Waals surface area contributed by atoms with Crippen LogP contribution in [0.5, 0.6) is 0 Å². The van der Waals surface area contributed by atoms with Crippen molar-refractivity contribution >= 4 is 49.1 Å². The van der Waals surface area contributed by atoms with Gasteiger partial charge in [-0.1, -0.05) is 82.3 Å². The lowest BCUT2D eigenvalue weighted by Crippen LogP contribution is -2.09. The van der Waals surface area contributed by atoms with Crippen molar-refractivity contribution in [3.05, 3.63) is 138 Å². The first-order valence-corrected chi connectivity index (χ1v) is 17.1. The monoisotopic (exact) mass is 643 g/mol. The molecule has 3 heterocycles. The zero-order valence-corrected chi connectivity index (χ0v) is 28.4. The van der Waals surface area contributed by atoms with Gasteiger partial charge in [0, 0.05) is 27.1 Å². The van der Waals surface area contributed by atoms with E-state index in [-0.39, 0.29) is 11.8 Å². The molecule has 0 radical (unpaired) electrons. The summed E-state index contributed by atoms with van der Waals surface area (Å²) in [5.74, 6) is 1.40. The maximum atomic E-state index is 9.82. The normalized spacial score (nSPS) is 11.9. The first-order valence-electron chi connectivity index (χ1n) is 17.1. The van der Waals surface area contributed by atoms with Gasteiger partial charge in [0.1, 0.15) is 5.82 Å². The van der Waals surface area contributed by atoms with Crippen LogP contribution in [0.2, 0.25) is 0 Å². The summed E-state index contributed by atoms with van der Waals surface area (Å²) in [5.41, 5.74) is 13.4. The van der Waals surface area contributed by atoms with Gasteiger partial charge in [0.15, 0.2) is 0 Å². The van der Waals surface area contributed by atoms with Crippen molar-refractivity contribution in [2.75, 3.05) is 0 Å². The zero-order chi connectivity index (χ0) is 34.3. The molecule has 9 aromatic rings. The smallest absolute Gasteiger partial charge is 0.145 e. The lowest BCUT2D eigenvalue weighted by molar-refractivity contribution is 0.811. The highest BCUT2D eigenvalue weighted by molar-refractivity contribution is 6.24. The van der Waals surface area contributed by atoms with E-state index in [0.29, 0.717) is 11.1 Å². The topological polar surface area (TPSA) is 69.8 Å². The standard InChI is InChI=1S/C45H33N5/c1-26(2)35-20-31(30-10-6-5-7-11-30)21-36(27(3)4)43(35)50-40-13-9-8-12-39(40)48-45(50)32-22-37-33-16-14-28(24-46)18-41(33)49-42-19-29(25-47)15-17-34(42)38(23-32)44(37)49/h5-23,26-27H,1-4H3. The lowest BCUT2D eigenvalue weighted by Gasteiger charge is -2.24. The van der Waals surface area contributed by atoms with Crippen molar-refractivity contribution in [2.45, 2.75) is 39.5 Å². The number of hydrogen-bond donors (Lipinski definition) is 0. The minimum atomic E-state index is 0.258. The van der Waals surface area contributed by atoms with Gasteiger partial charge in [0.2, 0.25) is 0 Å². The summed E-state index contributed by atoms with van der Waals surface area (Å²) in [7, 11) is 0. The lowest BCUT2D eigenvalue weighted by atomic mass is 9.88. The molecule has 5 heteroatoms. The van der Waals surface area contributed by atoms with Gasteiger partial charge in [-0.2, -0.15) is 10.5 Å². The Balaban J connectivity index is 1.42. The van der Waals surface area contributed by atoms with Crippen molar-refractivity contribution in [1.82, 2.24) is 14.0 Å². The van der Waals surface area contributed by atoms with Crippen LogP contribution in [0.4, 0.5) is 0 Å². The Morgan fingerprint density at radius 3 is 1.66 bits per heavy atom. The second-order valence-corrected chi connectivity index (χ2v) is 13.9. The van der Waals surface area contributed by atoms with E-state index in [1.54, 1.807) is 0 Å². The predicted molar refractivity (Wildman–Crippen MR) is 204 cm³/mol. The van der Waals surface area contributed by atoms with Gasteiger partial charge >= 0.3 is 0 Å². The molecule has 0 aliphatic carbocycles. The molecule has 9 rings (SSSR count). The Morgan fingerprint density at radius 2 is 1.10 bits per heavy atom. The van der Waals surface area contributed by atoms with Crippen LogP contribution in [0.15, 0.2) is 115 Å². The van der Waals surface area contributed by atoms with Crippen LogP contribution in [0, 0.1) is 22.7 Å². The molecule has 0 amide bonds. The zero-order valence-electron chi connectivity index (χ0n) is 28.4. The van der Waals surface area contributed by atoms with E-state index in [0.717, 1.165) is 60.5 Å². The first-order chi connectivity index (χ1) is 24.4. The minimum absolute atomic E-state index is 0.258. The summed E-state index contributed by atoms with van der Waals surface area (Å²) < 4.78 is 4.62. The molecule has 0 bridgehead atoms. The highest BCUT2D eigenvalue weighted by atomic mass is 15.1. The van der Waals surface area contributed by atoms with Gasteiger partial charge in [-0.15, -0.1) is 0 Å². The SMILES string of the molecule is CC(C)c1cc(-c2ccccc2)cc(C(C)C)c1-n1c(-c2cc3c4ccc(C#N)cc4n4c5cc(C#N)ccc5c(c2)c34)nc2ccccc21. The van der Waals surface area contributed by atoms with Gasteiger partial charge < -0.3 is 4.40 Å². The Hall–Kier alpha value is -6.43. The molecule has 0 aliphatic heterocycles. The van der Waals surface area contributed by atoms with Crippen molar-refractivity contribution in [3.63, 3.8) is 0 Å². The number of nitrogens with zero attached hydrogens (tertiary/aromatic N) is 5. The fourth-order valence-electron chi connectivity index (χ4n) is 7.88. The number of fused-ring (bicyclic) bond motifs is 7. The van der Waals surface area contributed by atoms with E-state index in [2.05, 4.69) is 140 Å². The van der Waals surface area contributed by atoms with E-state index in [1.165, 1.54) is 27.9 Å². The Kier molecular flexibility index (Phi) is 6.56. The molecule has 50 heavy (non-hydrogen) atoms. The molecule has 0 spiro atoms. The number of imidazole rings is 1. The largest absolute Gasteiger partial charge is 0.308 e. The molecule has 0 aliphatic rings. The first kappa shape index (κ1) is 29.7. The number of aromatic nitrogens is 3. The van der Waals surface area contributed by atoms with Crippen LogP contribution < -0.4 is 0 Å². The maximum absolute atomic E-state index is 9.82. The fraction of sp³-hybridized carbons (Fsp3) is 0.133. The fourth-order valence-corrected chi connectivity index (χ4v) is 7.88. The molecule has 0 atom stereocenters. The van der Waals surface area contributed by atoms with Crippen LogP contribution in [-0.2, 0) is 0 Å². The quantitative estimate of drug-likeness (QED) is 0.187. The summed E-state index contributed by atoms with van der Waals surface area (Å²) in [4.78, 5) is 5.39. The summed E-state index contributed by atoms with van der Waals surface area (Å²) in [6.45, 7) is 9.11. The van der Waals surface area contributed by atoms with E-state index in [1.807, 2.05) is 24.3 Å². The Morgan fingerprint density at radius 1 is 0.540 bits per heavy atom. The second kappa shape index (κ2) is 11.1. The third-order valence-corrected chi connectivity index (χ3v) is 10.2. The summed E-state index contributed by atoms with van der Waals surface area (Å²) in [6, 6.07) is 44.8. The second-order valence-electron chi connectivity index (χ2n) is 13.9. The number of hydrogen-bond acceptors (Lipinski definition) is 3. The average Bonchev–Trinajstić information content (AvgIpc) is 3.80. The van der Waals surface area contributed by atoms with Gasteiger partial charge in [-0.05, 0) is 94.8 Å². The maximum Gasteiger partial charge on any atom is 0.145 e. The van der Waals surface area contributed by atoms with Gasteiger partial charge in [0.05, 0.1) is 56.5 Å². The molecular weight excluding hydrogens is 611 g/mol. The molecule has 0 saturated heterocycles. The van der Waals surface area contributed by atoms with Crippen molar-refractivity contribution < 1.29 is 0 Å². The molecule has 3 aromatic heterocycles. The number of para-hydroxylation sites is 2. The van der Waals surface area contributed by atoms with Gasteiger partial charge in [-0.25, -0.2) is 4.98 Å². The van der Waals surface area contributed by atoms with E-state index in [4.69, 9.17) is 4.98 Å². The minimum Gasteiger partial charge on any atom is -0.308 e. The third kappa shape index (κ3) is 4.27. The molecule has 5 nitrogen and oxygen atoms in total. The molecule has 0 unspecified atom stereocenters. The number of benzene rings is 6. The van der Waals surface area contributed by atoms with Crippen LogP contribution in [0.1, 0.15) is 61.8 Å². The van der Waals surface area contributed by atoms with Crippen LogP contribution in [0.25, 0.3) is 77.3 Å². The number of rotatable bonds is 5. The summed E-state index contributed by atoms with van der Waals surface area (Å²) >= 11 is 0. The van der Waals surface area contributed by atoms with E-state index >= 15 is 0 Å². The van der Waals surface area contributed by atoms with Crippen molar-refractivity contribution in [2.24, 2.45) is 0 Å². The summed E-state index contributed by atoms with van der Waals surface area (Å²) in [5, 5.41) is 24.0. The van der Waals surface area contributed by atoms with E-state index < -0.39 is 0 Å². The molecular formula is C45H33N5. The van der Waals surface area contributed by atoms with Gasteiger partial charge in [0.25, 0.3) is 0 Å². The molecule has 6 aromatic carbocycles. The van der Waals surface area contributed by atoms with Crippen molar-refractivity contribution in [3.8, 4) is 40.3 Å². The predicted octanol–water partition coefficient (Wildman–Crippen LogP) is 11.5. The Bertz CT molecular complexity index is 2760. The summed E-state index contributed by atoms with van der Waals surface area (Å²) in [6.07, 6.45) is 0. The van der Waals surface area contributed by atoms with Gasteiger partial charge in [-0.3, -0.25) is 4.57 Å². The Labute approximate surface area is 290 Å². The highest BCUT2D eigenvalue weighted by Crippen LogP contribution is 2.44. The third-order valence-electron chi connectivity index (χ3n) is 10.2. The highest BCUT2D eigenvalue weighted by Gasteiger charge is 2.26.